The van der Waals surface area contributed by atoms with Gasteiger partial charge in [-0.15, -0.1) is 10.2 Å². The molecule has 0 aliphatic rings. The van der Waals surface area contributed by atoms with Crippen molar-refractivity contribution in [2.75, 3.05) is 5.32 Å². The van der Waals surface area contributed by atoms with E-state index >= 15 is 0 Å². The van der Waals surface area contributed by atoms with Crippen molar-refractivity contribution in [2.45, 2.75) is 16.5 Å². The molecule has 0 saturated carbocycles. The number of benzene rings is 1. The van der Waals surface area contributed by atoms with E-state index in [1.165, 1.54) is 41.3 Å². The van der Waals surface area contributed by atoms with Crippen molar-refractivity contribution < 1.29 is 9.72 Å². The number of nitrogens with one attached hydrogen (secondary N) is 1. The first-order chi connectivity index (χ1) is 9.56. The molecule has 7 nitrogen and oxygen atoms in total. The zero-order chi connectivity index (χ0) is 14.5. The molecule has 1 amide bonds. The predicted molar refractivity (Wildman–Crippen MR) is 77.0 cm³/mol. The molecule has 20 heavy (non-hydrogen) atoms. The number of nitro benzene ring substituents is 1. The molecule has 1 atom stereocenters. The van der Waals surface area contributed by atoms with Gasteiger partial charge in [-0.25, -0.2) is 0 Å². The Bertz CT molecular complexity index is 618. The summed E-state index contributed by atoms with van der Waals surface area (Å²) in [5.41, 5.74) is 1.93. The molecule has 104 valence electrons. The Morgan fingerprint density at radius 2 is 2.35 bits per heavy atom. The van der Waals surface area contributed by atoms with Gasteiger partial charge in [-0.05, 0) is 13.0 Å². The third kappa shape index (κ3) is 3.75. The number of hydrogen-bond donors (Lipinski definition) is 1. The molecule has 1 heterocycles. The SMILES string of the molecule is CC(Sc1nncs1)C(=O)Nc1cccc([N+](=O)[O-])c1. The highest BCUT2D eigenvalue weighted by Gasteiger charge is 2.17. The van der Waals surface area contributed by atoms with E-state index in [-0.39, 0.29) is 16.8 Å². The van der Waals surface area contributed by atoms with E-state index in [9.17, 15) is 14.9 Å². The van der Waals surface area contributed by atoms with Gasteiger partial charge in [-0.2, -0.15) is 0 Å². The summed E-state index contributed by atoms with van der Waals surface area (Å²) in [7, 11) is 0. The van der Waals surface area contributed by atoms with Crippen molar-refractivity contribution in [3.8, 4) is 0 Å². The summed E-state index contributed by atoms with van der Waals surface area (Å²) in [4.78, 5) is 22.1. The van der Waals surface area contributed by atoms with Gasteiger partial charge < -0.3 is 5.32 Å². The Kier molecular flexibility index (Phi) is 4.64. The van der Waals surface area contributed by atoms with Crippen molar-refractivity contribution in [3.63, 3.8) is 0 Å². The van der Waals surface area contributed by atoms with E-state index in [0.29, 0.717) is 10.0 Å². The van der Waals surface area contributed by atoms with Gasteiger partial charge in [-0.1, -0.05) is 29.2 Å². The van der Waals surface area contributed by atoms with Crippen LogP contribution in [-0.4, -0.2) is 26.3 Å². The highest BCUT2D eigenvalue weighted by Crippen LogP contribution is 2.25. The zero-order valence-electron chi connectivity index (χ0n) is 10.3. The van der Waals surface area contributed by atoms with Crippen molar-refractivity contribution in [2.24, 2.45) is 0 Å². The van der Waals surface area contributed by atoms with Gasteiger partial charge in [0.05, 0.1) is 10.2 Å². The van der Waals surface area contributed by atoms with Crippen LogP contribution < -0.4 is 5.32 Å². The highest BCUT2D eigenvalue weighted by atomic mass is 32.2. The number of aromatic nitrogens is 2. The molecule has 2 aromatic rings. The molecular weight excluding hydrogens is 300 g/mol. The first-order valence-corrected chi connectivity index (χ1v) is 7.30. The number of non-ortho nitro benzene ring substituents is 1. The Hall–Kier alpha value is -2.00. The van der Waals surface area contributed by atoms with E-state index in [4.69, 9.17) is 0 Å². The Labute approximate surface area is 122 Å². The Balaban J connectivity index is 2.00. The number of nitrogens with zero attached hydrogens (tertiary/aromatic N) is 3. The summed E-state index contributed by atoms with van der Waals surface area (Å²) in [6, 6.07) is 5.82. The number of hydrogen-bond acceptors (Lipinski definition) is 7. The van der Waals surface area contributed by atoms with Crippen molar-refractivity contribution >= 4 is 40.4 Å². The number of nitro groups is 1. The van der Waals surface area contributed by atoms with Crippen LogP contribution in [0.15, 0.2) is 34.1 Å². The summed E-state index contributed by atoms with van der Waals surface area (Å²) < 4.78 is 0.701. The van der Waals surface area contributed by atoms with Crippen LogP contribution in [0.2, 0.25) is 0 Å². The van der Waals surface area contributed by atoms with E-state index in [1.54, 1.807) is 18.5 Å². The molecule has 2 rings (SSSR count). The quantitative estimate of drug-likeness (QED) is 0.518. The molecule has 1 aromatic carbocycles. The van der Waals surface area contributed by atoms with Crippen LogP contribution in [0.1, 0.15) is 6.92 Å². The normalized spacial score (nSPS) is 11.8. The summed E-state index contributed by atoms with van der Waals surface area (Å²) in [6.45, 7) is 1.73. The standard InChI is InChI=1S/C11H10N4O3S2/c1-7(20-11-14-12-6-19-11)10(16)13-8-3-2-4-9(5-8)15(17)18/h2-7H,1H3,(H,13,16). The van der Waals surface area contributed by atoms with E-state index in [1.807, 2.05) is 0 Å². The molecule has 0 fully saturated rings. The van der Waals surface area contributed by atoms with Crippen molar-refractivity contribution in [1.82, 2.24) is 10.2 Å². The summed E-state index contributed by atoms with van der Waals surface area (Å²) >= 11 is 2.64. The fourth-order valence-corrected chi connectivity index (χ4v) is 2.99. The molecule has 0 aliphatic carbocycles. The molecule has 9 heteroatoms. The molecule has 0 saturated heterocycles. The minimum atomic E-state index is -0.505. The Morgan fingerprint density at radius 1 is 1.55 bits per heavy atom. The zero-order valence-corrected chi connectivity index (χ0v) is 12.0. The summed E-state index contributed by atoms with van der Waals surface area (Å²) in [6.07, 6.45) is 0. The van der Waals surface area contributed by atoms with E-state index < -0.39 is 4.92 Å². The minimum Gasteiger partial charge on any atom is -0.325 e. The lowest BCUT2D eigenvalue weighted by atomic mass is 10.2. The topological polar surface area (TPSA) is 98.0 Å². The molecular formula is C11H10N4O3S2. The first-order valence-electron chi connectivity index (χ1n) is 5.54. The third-order valence-electron chi connectivity index (χ3n) is 2.31. The average molecular weight is 310 g/mol. The van der Waals surface area contributed by atoms with Crippen LogP contribution in [0.4, 0.5) is 11.4 Å². The maximum absolute atomic E-state index is 12.0. The van der Waals surface area contributed by atoms with Crippen LogP contribution >= 0.6 is 23.1 Å². The molecule has 0 bridgehead atoms. The predicted octanol–water partition coefficient (Wildman–Crippen LogP) is 2.57. The fourth-order valence-electron chi connectivity index (χ4n) is 1.36. The fraction of sp³-hybridized carbons (Fsp3) is 0.182. The number of anilines is 1. The largest absolute Gasteiger partial charge is 0.325 e. The second-order valence-corrected chi connectivity index (χ2v) is 6.18. The Morgan fingerprint density at radius 3 is 3.00 bits per heavy atom. The van der Waals surface area contributed by atoms with Gasteiger partial charge in [0.25, 0.3) is 5.69 Å². The lowest BCUT2D eigenvalue weighted by Crippen LogP contribution is -2.22. The molecule has 1 N–H and O–H groups in total. The van der Waals surface area contributed by atoms with Crippen molar-refractivity contribution in [3.05, 3.63) is 39.9 Å². The molecule has 1 unspecified atom stereocenters. The van der Waals surface area contributed by atoms with Crippen LogP contribution in [0.25, 0.3) is 0 Å². The molecule has 0 spiro atoms. The van der Waals surface area contributed by atoms with Gasteiger partial charge >= 0.3 is 0 Å². The number of amides is 1. The average Bonchev–Trinajstić information content (AvgIpc) is 2.91. The lowest BCUT2D eigenvalue weighted by Gasteiger charge is -2.09. The summed E-state index contributed by atoms with van der Waals surface area (Å²) in [5.74, 6) is -0.245. The maximum atomic E-state index is 12.0. The number of thioether (sulfide) groups is 1. The number of carbonyl (C=O) groups is 1. The molecule has 0 aliphatic heterocycles. The van der Waals surface area contributed by atoms with Gasteiger partial charge in [0.1, 0.15) is 5.51 Å². The van der Waals surface area contributed by atoms with Gasteiger partial charge in [0.15, 0.2) is 4.34 Å². The van der Waals surface area contributed by atoms with Crippen LogP contribution in [0, 0.1) is 10.1 Å². The van der Waals surface area contributed by atoms with Gasteiger partial charge in [0.2, 0.25) is 5.91 Å². The summed E-state index contributed by atoms with van der Waals surface area (Å²) in [5, 5.41) is 20.5. The highest BCUT2D eigenvalue weighted by molar-refractivity contribution is 8.02. The third-order valence-corrected chi connectivity index (χ3v) is 4.22. The van der Waals surface area contributed by atoms with E-state index in [0.717, 1.165) is 0 Å². The smallest absolute Gasteiger partial charge is 0.271 e. The van der Waals surface area contributed by atoms with Gasteiger partial charge in [-0.3, -0.25) is 14.9 Å². The van der Waals surface area contributed by atoms with Crippen molar-refractivity contribution in [1.29, 1.82) is 0 Å². The lowest BCUT2D eigenvalue weighted by molar-refractivity contribution is -0.384. The van der Waals surface area contributed by atoms with E-state index in [2.05, 4.69) is 15.5 Å². The number of rotatable bonds is 5. The number of carbonyl (C=O) groups excluding carboxylic acids is 1. The monoisotopic (exact) mass is 310 g/mol. The van der Waals surface area contributed by atoms with Crippen LogP contribution in [0.5, 0.6) is 0 Å². The molecule has 0 radical (unpaired) electrons. The van der Waals surface area contributed by atoms with Gasteiger partial charge in [0, 0.05) is 17.8 Å². The van der Waals surface area contributed by atoms with Crippen LogP contribution in [-0.2, 0) is 4.79 Å². The van der Waals surface area contributed by atoms with Crippen LogP contribution in [0.3, 0.4) is 0 Å². The second kappa shape index (κ2) is 6.44. The molecule has 1 aromatic heterocycles. The first kappa shape index (κ1) is 14.4. The second-order valence-electron chi connectivity index (χ2n) is 3.76. The minimum absolute atomic E-state index is 0.0628. The maximum Gasteiger partial charge on any atom is 0.271 e.